The first kappa shape index (κ1) is 26.6. The molecule has 0 aliphatic carbocycles. The molecule has 1 N–H and O–H groups in total. The fourth-order valence-electron chi connectivity index (χ4n) is 4.11. The highest BCUT2D eigenvalue weighted by atomic mass is 32.2. The van der Waals surface area contributed by atoms with Crippen LogP contribution < -0.4 is 10.1 Å². The maximum Gasteiger partial charge on any atom is 0.422 e. The highest BCUT2D eigenvalue weighted by molar-refractivity contribution is 7.89. The molecule has 6 nitrogen and oxygen atoms in total. The minimum atomic E-state index is -4.42. The molecule has 1 fully saturated rings. The first-order chi connectivity index (χ1) is 17.5. The number of rotatable bonds is 8. The molecule has 1 heterocycles. The number of hydrogen-bond donors (Lipinski definition) is 1. The Morgan fingerprint density at radius 3 is 2.38 bits per heavy atom. The fraction of sp³-hybridized carbons (Fsp3) is 0.269. The molecule has 3 aromatic rings. The van der Waals surface area contributed by atoms with Crippen molar-refractivity contribution in [2.45, 2.75) is 36.5 Å². The Hall–Kier alpha value is -3.44. The molecule has 196 valence electrons. The largest absolute Gasteiger partial charge is 0.484 e. The van der Waals surface area contributed by atoms with Crippen molar-refractivity contribution in [3.05, 3.63) is 84.2 Å². The predicted octanol–water partition coefficient (Wildman–Crippen LogP) is 4.90. The van der Waals surface area contributed by atoms with Crippen molar-refractivity contribution in [2.75, 3.05) is 13.2 Å². The van der Waals surface area contributed by atoms with Gasteiger partial charge in [0.05, 0.1) is 4.90 Å². The molecule has 37 heavy (non-hydrogen) atoms. The predicted molar refractivity (Wildman–Crippen MR) is 129 cm³/mol. The number of sulfonamides is 1. The summed E-state index contributed by atoms with van der Waals surface area (Å²) in [6, 6.07) is 17.0. The summed E-state index contributed by atoms with van der Waals surface area (Å²) in [6.45, 7) is -1.03. The summed E-state index contributed by atoms with van der Waals surface area (Å²) in [6.07, 6.45) is -3.52. The van der Waals surface area contributed by atoms with E-state index < -0.39 is 40.6 Å². The van der Waals surface area contributed by atoms with Crippen molar-refractivity contribution in [3.8, 4) is 16.9 Å². The van der Waals surface area contributed by atoms with E-state index in [0.29, 0.717) is 12.8 Å². The van der Waals surface area contributed by atoms with Crippen LogP contribution in [0.25, 0.3) is 11.1 Å². The van der Waals surface area contributed by atoms with Crippen LogP contribution in [-0.2, 0) is 21.4 Å². The molecular weight excluding hydrogens is 512 g/mol. The van der Waals surface area contributed by atoms with Gasteiger partial charge in [-0.2, -0.15) is 17.5 Å². The average Bonchev–Trinajstić information content (AvgIpc) is 3.38. The summed E-state index contributed by atoms with van der Waals surface area (Å²) in [4.78, 5) is 12.8. The van der Waals surface area contributed by atoms with E-state index in [1.807, 2.05) is 12.1 Å². The number of nitrogens with one attached hydrogen (secondary N) is 1. The number of ether oxygens (including phenoxy) is 1. The minimum Gasteiger partial charge on any atom is -0.484 e. The molecule has 0 bridgehead atoms. The highest BCUT2D eigenvalue weighted by Gasteiger charge is 2.39. The van der Waals surface area contributed by atoms with Gasteiger partial charge >= 0.3 is 6.18 Å². The van der Waals surface area contributed by atoms with Gasteiger partial charge in [-0.25, -0.2) is 12.8 Å². The molecule has 3 aromatic carbocycles. The van der Waals surface area contributed by atoms with Crippen LogP contribution in [0, 0.1) is 5.82 Å². The van der Waals surface area contributed by atoms with Crippen LogP contribution in [0.2, 0.25) is 0 Å². The Labute approximate surface area is 211 Å². The Kier molecular flexibility index (Phi) is 7.84. The van der Waals surface area contributed by atoms with Crippen LogP contribution >= 0.6 is 0 Å². The van der Waals surface area contributed by atoms with Crippen molar-refractivity contribution in [1.29, 1.82) is 0 Å². The maximum atomic E-state index is 13.2. The van der Waals surface area contributed by atoms with Crippen molar-refractivity contribution in [3.63, 3.8) is 0 Å². The minimum absolute atomic E-state index is 0.0730. The van der Waals surface area contributed by atoms with Gasteiger partial charge in [0.1, 0.15) is 17.6 Å². The SMILES string of the molecule is O=C(NCc1cccc(-c2ccc(OCC(F)(F)F)cc2)c1)C1CCCN1S(=O)(=O)c1ccc(F)cc1. The second kappa shape index (κ2) is 10.9. The highest BCUT2D eigenvalue weighted by Crippen LogP contribution is 2.27. The standard InChI is InChI=1S/C26H24F4N2O4S/c27-21-8-12-23(13-9-21)37(34,35)32-14-2-5-24(32)25(33)31-16-18-3-1-4-20(15-18)19-6-10-22(11-7-19)36-17-26(28,29)30/h1,3-4,6-13,15,24H,2,5,14,16-17H2,(H,31,33). The zero-order valence-corrected chi connectivity index (χ0v) is 20.4. The molecule has 1 atom stereocenters. The Morgan fingerprint density at radius 1 is 1.00 bits per heavy atom. The normalized spacial score (nSPS) is 16.5. The van der Waals surface area contributed by atoms with Gasteiger partial charge in [-0.05, 0) is 72.0 Å². The number of carbonyl (C=O) groups is 1. The van der Waals surface area contributed by atoms with Crippen LogP contribution in [0.5, 0.6) is 5.75 Å². The molecule has 1 amide bonds. The van der Waals surface area contributed by atoms with Gasteiger partial charge in [0.15, 0.2) is 6.61 Å². The van der Waals surface area contributed by atoms with Gasteiger partial charge in [0.2, 0.25) is 15.9 Å². The third-order valence-corrected chi connectivity index (χ3v) is 7.83. The summed E-state index contributed by atoms with van der Waals surface area (Å²) >= 11 is 0. The maximum absolute atomic E-state index is 13.2. The molecule has 1 aliphatic heterocycles. The number of hydrogen-bond acceptors (Lipinski definition) is 4. The smallest absolute Gasteiger partial charge is 0.422 e. The molecule has 4 rings (SSSR count). The van der Waals surface area contributed by atoms with Crippen molar-refractivity contribution < 1.29 is 35.5 Å². The van der Waals surface area contributed by atoms with E-state index in [-0.39, 0.29) is 23.7 Å². The number of benzene rings is 3. The summed E-state index contributed by atoms with van der Waals surface area (Å²) in [5.41, 5.74) is 2.30. The molecular formula is C26H24F4N2O4S. The zero-order chi connectivity index (χ0) is 26.6. The summed E-state index contributed by atoms with van der Waals surface area (Å²) in [7, 11) is -3.96. The fourth-order valence-corrected chi connectivity index (χ4v) is 5.76. The number of nitrogens with zero attached hydrogens (tertiary/aromatic N) is 1. The van der Waals surface area contributed by atoms with E-state index in [9.17, 15) is 30.8 Å². The Balaban J connectivity index is 1.40. The summed E-state index contributed by atoms with van der Waals surface area (Å²) in [5, 5.41) is 2.79. The lowest BCUT2D eigenvalue weighted by atomic mass is 10.0. The third kappa shape index (κ3) is 6.66. The topological polar surface area (TPSA) is 75.7 Å². The number of carbonyl (C=O) groups excluding carboxylic acids is 1. The number of halogens is 4. The quantitative estimate of drug-likeness (QED) is 0.416. The monoisotopic (exact) mass is 536 g/mol. The second-order valence-electron chi connectivity index (χ2n) is 8.57. The Bertz CT molecular complexity index is 1340. The zero-order valence-electron chi connectivity index (χ0n) is 19.5. The van der Waals surface area contributed by atoms with Crippen LogP contribution in [0.4, 0.5) is 17.6 Å². The second-order valence-corrected chi connectivity index (χ2v) is 10.5. The lowest BCUT2D eigenvalue weighted by Gasteiger charge is -2.23. The van der Waals surface area contributed by atoms with Gasteiger partial charge in [-0.3, -0.25) is 4.79 Å². The van der Waals surface area contributed by atoms with Crippen molar-refractivity contribution in [2.24, 2.45) is 0 Å². The van der Waals surface area contributed by atoms with E-state index in [1.165, 1.54) is 24.3 Å². The molecule has 1 unspecified atom stereocenters. The number of alkyl halides is 3. The third-order valence-electron chi connectivity index (χ3n) is 5.91. The molecule has 11 heteroatoms. The summed E-state index contributed by atoms with van der Waals surface area (Å²) < 4.78 is 82.1. The number of amides is 1. The van der Waals surface area contributed by atoms with Crippen molar-refractivity contribution >= 4 is 15.9 Å². The molecule has 1 aliphatic rings. The first-order valence-electron chi connectivity index (χ1n) is 11.5. The first-order valence-corrected chi connectivity index (χ1v) is 12.9. The van der Waals surface area contributed by atoms with Crippen LogP contribution in [-0.4, -0.2) is 44.0 Å². The van der Waals surface area contributed by atoms with Crippen LogP contribution in [0.1, 0.15) is 18.4 Å². The van der Waals surface area contributed by atoms with Gasteiger partial charge in [0.25, 0.3) is 0 Å². The van der Waals surface area contributed by atoms with E-state index in [4.69, 9.17) is 4.74 Å². The Morgan fingerprint density at radius 2 is 1.70 bits per heavy atom. The van der Waals surface area contributed by atoms with E-state index >= 15 is 0 Å². The molecule has 1 saturated heterocycles. The molecule has 0 radical (unpaired) electrons. The van der Waals surface area contributed by atoms with Crippen LogP contribution in [0.3, 0.4) is 0 Å². The van der Waals surface area contributed by atoms with Crippen molar-refractivity contribution in [1.82, 2.24) is 9.62 Å². The van der Waals surface area contributed by atoms with Crippen LogP contribution in [0.15, 0.2) is 77.7 Å². The summed E-state index contributed by atoms with van der Waals surface area (Å²) in [5.74, 6) is -0.886. The molecule has 0 saturated carbocycles. The van der Waals surface area contributed by atoms with Gasteiger partial charge in [-0.1, -0.05) is 30.3 Å². The van der Waals surface area contributed by atoms with E-state index in [1.54, 1.807) is 24.3 Å². The molecule has 0 aromatic heterocycles. The lowest BCUT2D eigenvalue weighted by molar-refractivity contribution is -0.153. The van der Waals surface area contributed by atoms with E-state index in [0.717, 1.165) is 33.1 Å². The van der Waals surface area contributed by atoms with Gasteiger partial charge in [-0.15, -0.1) is 0 Å². The lowest BCUT2D eigenvalue weighted by Crippen LogP contribution is -2.45. The van der Waals surface area contributed by atoms with Gasteiger partial charge < -0.3 is 10.1 Å². The molecule has 0 spiro atoms. The van der Waals surface area contributed by atoms with Gasteiger partial charge in [0, 0.05) is 13.1 Å². The average molecular weight is 537 g/mol. The van der Waals surface area contributed by atoms with E-state index in [2.05, 4.69) is 5.32 Å².